The van der Waals surface area contributed by atoms with Crippen molar-refractivity contribution in [2.24, 2.45) is 7.05 Å². The number of hydrogen-bond donors (Lipinski definition) is 1. The quantitative estimate of drug-likeness (QED) is 0.569. The van der Waals surface area contributed by atoms with Crippen LogP contribution in [0.4, 0.5) is 0 Å². The summed E-state index contributed by atoms with van der Waals surface area (Å²) in [5, 5.41) is 0. The van der Waals surface area contributed by atoms with Crippen molar-refractivity contribution in [3.8, 4) is 0 Å². The smallest absolute Gasteiger partial charge is 0.408 e. The van der Waals surface area contributed by atoms with Gasteiger partial charge in [-0.15, -0.1) is 0 Å². The first-order chi connectivity index (χ1) is 15.3. The second kappa shape index (κ2) is 9.27. The summed E-state index contributed by atoms with van der Waals surface area (Å²) in [4.78, 5) is 28.2. The fraction of sp³-hybridized carbons (Fsp3) is 0.364. The van der Waals surface area contributed by atoms with Crippen molar-refractivity contribution in [1.82, 2.24) is 19.1 Å². The minimum atomic E-state index is -3.83. The number of fused-ring (bicyclic) bond motifs is 1. The Hall–Kier alpha value is -2.95. The highest BCUT2D eigenvalue weighted by Crippen LogP contribution is 2.18. The third-order valence-electron chi connectivity index (χ3n) is 5.68. The summed E-state index contributed by atoms with van der Waals surface area (Å²) >= 11 is 0. The summed E-state index contributed by atoms with van der Waals surface area (Å²) in [6, 6.07) is 14.5. The molecule has 0 atom stereocenters. The topological polar surface area (TPSA) is 105 Å². The third-order valence-corrected chi connectivity index (χ3v) is 7.14. The number of carbonyl (C=O) groups is 1. The van der Waals surface area contributed by atoms with E-state index in [4.69, 9.17) is 4.42 Å². The number of nitrogens with one attached hydrogen (secondary N) is 1. The van der Waals surface area contributed by atoms with E-state index in [1.54, 1.807) is 11.9 Å². The normalized spacial score (nSPS) is 15.3. The molecule has 3 aromatic rings. The van der Waals surface area contributed by atoms with Gasteiger partial charge in [-0.2, -0.15) is 0 Å². The monoisotopic (exact) mass is 458 g/mol. The Morgan fingerprint density at radius 3 is 2.50 bits per heavy atom. The minimum absolute atomic E-state index is 0.00215. The molecule has 2 heterocycles. The molecule has 0 spiro atoms. The fourth-order valence-electron chi connectivity index (χ4n) is 3.81. The zero-order valence-electron chi connectivity index (χ0n) is 17.9. The lowest BCUT2D eigenvalue weighted by atomic mass is 10.2. The van der Waals surface area contributed by atoms with Crippen LogP contribution in [0.3, 0.4) is 0 Å². The van der Waals surface area contributed by atoms with Crippen molar-refractivity contribution in [2.45, 2.75) is 17.9 Å². The molecule has 1 fully saturated rings. The van der Waals surface area contributed by atoms with E-state index >= 15 is 0 Å². The van der Waals surface area contributed by atoms with Gasteiger partial charge >= 0.3 is 5.76 Å². The number of aromatic nitrogens is 1. The van der Waals surface area contributed by atoms with E-state index in [9.17, 15) is 18.0 Å². The number of benzene rings is 2. The molecule has 1 N–H and O–H groups in total. The summed E-state index contributed by atoms with van der Waals surface area (Å²) in [6.07, 6.45) is 0.0839. The number of carbonyl (C=O) groups excluding carboxylic acids is 1. The van der Waals surface area contributed by atoms with Gasteiger partial charge in [0.05, 0.1) is 10.4 Å². The maximum atomic E-state index is 12.6. The summed E-state index contributed by atoms with van der Waals surface area (Å²) < 4.78 is 34.0. The average Bonchev–Trinajstić information content (AvgIpc) is 3.08. The van der Waals surface area contributed by atoms with Gasteiger partial charge in [0.15, 0.2) is 5.58 Å². The number of aryl methyl sites for hydroxylation is 1. The van der Waals surface area contributed by atoms with Crippen molar-refractivity contribution < 1.29 is 17.6 Å². The van der Waals surface area contributed by atoms with Crippen molar-refractivity contribution in [2.75, 3.05) is 32.7 Å². The number of nitrogens with zero attached hydrogens (tertiary/aromatic N) is 3. The average molecular weight is 459 g/mol. The first-order valence-electron chi connectivity index (χ1n) is 10.5. The van der Waals surface area contributed by atoms with E-state index in [-0.39, 0.29) is 29.4 Å². The van der Waals surface area contributed by atoms with E-state index in [0.29, 0.717) is 18.6 Å². The summed E-state index contributed by atoms with van der Waals surface area (Å²) in [5.74, 6) is -0.631. The molecule has 0 unspecified atom stereocenters. The largest absolute Gasteiger partial charge is 0.419 e. The van der Waals surface area contributed by atoms with Crippen molar-refractivity contribution in [1.29, 1.82) is 0 Å². The molecular formula is C22H26N4O5S. The number of piperazine rings is 1. The predicted octanol–water partition coefficient (Wildman–Crippen LogP) is 1.14. The van der Waals surface area contributed by atoms with Crippen LogP contribution in [0.5, 0.6) is 0 Å². The number of hydrogen-bond acceptors (Lipinski definition) is 6. The van der Waals surface area contributed by atoms with Crippen LogP contribution < -0.4 is 10.5 Å². The number of sulfonamides is 1. The molecule has 0 saturated carbocycles. The summed E-state index contributed by atoms with van der Waals surface area (Å²) in [5.41, 5.74) is 1.95. The van der Waals surface area contributed by atoms with Crippen LogP contribution >= 0.6 is 0 Å². The molecular weight excluding hydrogens is 432 g/mol. The predicted molar refractivity (Wildman–Crippen MR) is 120 cm³/mol. The van der Waals surface area contributed by atoms with Gasteiger partial charge in [-0.05, 0) is 17.7 Å². The zero-order chi connectivity index (χ0) is 22.7. The molecule has 0 radical (unpaired) electrons. The number of amides is 1. The summed E-state index contributed by atoms with van der Waals surface area (Å²) in [6.45, 7) is 3.68. The molecule has 1 amide bonds. The van der Waals surface area contributed by atoms with E-state index in [1.165, 1.54) is 28.3 Å². The van der Waals surface area contributed by atoms with Gasteiger partial charge in [0.2, 0.25) is 15.9 Å². The first kappa shape index (κ1) is 22.3. The van der Waals surface area contributed by atoms with Gasteiger partial charge in [0, 0.05) is 58.8 Å². The van der Waals surface area contributed by atoms with Crippen molar-refractivity contribution in [3.05, 3.63) is 64.6 Å². The molecule has 9 nitrogen and oxygen atoms in total. The van der Waals surface area contributed by atoms with Crippen molar-refractivity contribution >= 4 is 27.0 Å². The SMILES string of the molecule is Cn1c(=O)oc2cc(S(=O)(=O)NCCC(=O)N3CCN(Cc4ccccc4)CC3)ccc21. The Morgan fingerprint density at radius 2 is 1.78 bits per heavy atom. The van der Waals surface area contributed by atoms with Gasteiger partial charge in [-0.3, -0.25) is 14.3 Å². The molecule has 4 rings (SSSR count). The Labute approximate surface area is 186 Å². The molecule has 32 heavy (non-hydrogen) atoms. The summed E-state index contributed by atoms with van der Waals surface area (Å²) in [7, 11) is -2.28. The van der Waals surface area contributed by atoms with Crippen molar-refractivity contribution in [3.63, 3.8) is 0 Å². The first-order valence-corrected chi connectivity index (χ1v) is 11.9. The minimum Gasteiger partial charge on any atom is -0.408 e. The molecule has 1 aliphatic rings. The van der Waals surface area contributed by atoms with Gasteiger partial charge in [-0.25, -0.2) is 17.9 Å². The Morgan fingerprint density at radius 1 is 1.06 bits per heavy atom. The maximum absolute atomic E-state index is 12.6. The van der Waals surface area contributed by atoms with Gasteiger partial charge in [0.25, 0.3) is 0 Å². The van der Waals surface area contributed by atoms with E-state index in [1.807, 2.05) is 18.2 Å². The van der Waals surface area contributed by atoms with Gasteiger partial charge in [0.1, 0.15) is 0 Å². The number of oxazole rings is 1. The lowest BCUT2D eigenvalue weighted by molar-refractivity contribution is -0.132. The Kier molecular flexibility index (Phi) is 6.45. The standard InChI is InChI=1S/C22H26N4O5S/c1-24-19-8-7-18(15-20(19)31-22(24)28)32(29,30)23-10-9-21(27)26-13-11-25(12-14-26)16-17-5-3-2-4-6-17/h2-8,15,23H,9-14,16H2,1H3. The molecule has 170 valence electrons. The molecule has 0 aliphatic carbocycles. The third kappa shape index (κ3) is 4.93. The maximum Gasteiger partial charge on any atom is 0.419 e. The Balaban J connectivity index is 1.27. The lowest BCUT2D eigenvalue weighted by Crippen LogP contribution is -2.48. The molecule has 1 saturated heterocycles. The molecule has 10 heteroatoms. The molecule has 0 bridgehead atoms. The lowest BCUT2D eigenvalue weighted by Gasteiger charge is -2.34. The van der Waals surface area contributed by atoms with Crippen LogP contribution in [-0.4, -0.2) is 61.4 Å². The second-order valence-electron chi connectivity index (χ2n) is 7.85. The fourth-order valence-corrected chi connectivity index (χ4v) is 4.86. The highest BCUT2D eigenvalue weighted by atomic mass is 32.2. The molecule has 2 aromatic carbocycles. The number of rotatable bonds is 7. The van der Waals surface area contributed by atoms with Crippen LogP contribution in [0, 0.1) is 0 Å². The molecule has 1 aliphatic heterocycles. The molecule has 1 aromatic heterocycles. The second-order valence-corrected chi connectivity index (χ2v) is 9.61. The van der Waals surface area contributed by atoms with E-state index in [0.717, 1.165) is 19.6 Å². The van der Waals surface area contributed by atoms with Crippen LogP contribution in [0.2, 0.25) is 0 Å². The van der Waals surface area contributed by atoms with Gasteiger partial charge in [-0.1, -0.05) is 30.3 Å². The Bertz CT molecular complexity index is 1260. The zero-order valence-corrected chi connectivity index (χ0v) is 18.7. The van der Waals surface area contributed by atoms with Crippen LogP contribution in [-0.2, 0) is 28.4 Å². The van der Waals surface area contributed by atoms with Crippen LogP contribution in [0.1, 0.15) is 12.0 Å². The highest BCUT2D eigenvalue weighted by molar-refractivity contribution is 7.89. The van der Waals surface area contributed by atoms with Crippen LogP contribution in [0.25, 0.3) is 11.1 Å². The van der Waals surface area contributed by atoms with E-state index in [2.05, 4.69) is 21.8 Å². The van der Waals surface area contributed by atoms with Gasteiger partial charge < -0.3 is 9.32 Å². The van der Waals surface area contributed by atoms with Crippen LogP contribution in [0.15, 0.2) is 62.6 Å². The van der Waals surface area contributed by atoms with E-state index < -0.39 is 15.8 Å². The highest BCUT2D eigenvalue weighted by Gasteiger charge is 2.22.